The van der Waals surface area contributed by atoms with Crippen molar-refractivity contribution in [3.63, 3.8) is 0 Å². The molecule has 1 unspecified atom stereocenters. The number of hydrogen-bond acceptors (Lipinski definition) is 5. The van der Waals surface area contributed by atoms with Crippen LogP contribution in [0.1, 0.15) is 59.1 Å². The second-order valence-electron chi connectivity index (χ2n) is 6.52. The Labute approximate surface area is 135 Å². The summed E-state index contributed by atoms with van der Waals surface area (Å²) in [5.41, 5.74) is 2.43. The standard InChI is InChI=1S/C18H21N3O2/c1-12-17-14(20-18(19-12)21-7-3-2-4-8-21)10-13(11-15(17)22)16-6-5-9-23-16/h5-6,9,13H,2-4,7-8,10-11H2,1H3. The van der Waals surface area contributed by atoms with E-state index in [0.717, 1.165) is 48.2 Å². The number of piperidine rings is 1. The number of anilines is 1. The van der Waals surface area contributed by atoms with Gasteiger partial charge < -0.3 is 9.32 Å². The third-order valence-corrected chi connectivity index (χ3v) is 4.89. The second kappa shape index (κ2) is 5.80. The smallest absolute Gasteiger partial charge is 0.225 e. The minimum Gasteiger partial charge on any atom is -0.469 e. The number of aryl methyl sites for hydroxylation is 1. The quantitative estimate of drug-likeness (QED) is 0.852. The predicted octanol–water partition coefficient (Wildman–Crippen LogP) is 3.28. The molecule has 1 aliphatic heterocycles. The average molecular weight is 311 g/mol. The van der Waals surface area contributed by atoms with Crippen LogP contribution in [0.2, 0.25) is 0 Å². The SMILES string of the molecule is Cc1nc(N2CCCCC2)nc2c1C(=O)CC(c1ccco1)C2. The maximum Gasteiger partial charge on any atom is 0.225 e. The Bertz CT molecular complexity index is 718. The van der Waals surface area contributed by atoms with Crippen molar-refractivity contribution in [1.82, 2.24) is 9.97 Å². The van der Waals surface area contributed by atoms with Gasteiger partial charge in [-0.05, 0) is 38.3 Å². The zero-order valence-corrected chi connectivity index (χ0v) is 13.4. The number of carbonyl (C=O) groups excluding carboxylic acids is 1. The van der Waals surface area contributed by atoms with Gasteiger partial charge in [0.1, 0.15) is 5.76 Å². The first-order valence-electron chi connectivity index (χ1n) is 8.41. The Morgan fingerprint density at radius 2 is 2.00 bits per heavy atom. The van der Waals surface area contributed by atoms with Crippen LogP contribution in [0.3, 0.4) is 0 Å². The van der Waals surface area contributed by atoms with Crippen molar-refractivity contribution in [2.75, 3.05) is 18.0 Å². The van der Waals surface area contributed by atoms with Gasteiger partial charge in [-0.2, -0.15) is 0 Å². The molecule has 5 heteroatoms. The Morgan fingerprint density at radius 3 is 2.74 bits per heavy atom. The van der Waals surface area contributed by atoms with E-state index >= 15 is 0 Å². The number of ketones is 1. The summed E-state index contributed by atoms with van der Waals surface area (Å²) in [4.78, 5) is 24.2. The lowest BCUT2D eigenvalue weighted by atomic mass is 9.84. The summed E-state index contributed by atoms with van der Waals surface area (Å²) >= 11 is 0. The van der Waals surface area contributed by atoms with E-state index in [2.05, 4.69) is 9.88 Å². The van der Waals surface area contributed by atoms with E-state index in [1.54, 1.807) is 6.26 Å². The third-order valence-electron chi connectivity index (χ3n) is 4.89. The molecule has 2 aromatic heterocycles. The van der Waals surface area contributed by atoms with E-state index in [9.17, 15) is 4.79 Å². The zero-order valence-electron chi connectivity index (χ0n) is 13.4. The molecular formula is C18H21N3O2. The number of aromatic nitrogens is 2. The van der Waals surface area contributed by atoms with E-state index in [1.165, 1.54) is 19.3 Å². The summed E-state index contributed by atoms with van der Waals surface area (Å²) in [5, 5.41) is 0. The van der Waals surface area contributed by atoms with Crippen LogP contribution in [0.5, 0.6) is 0 Å². The second-order valence-corrected chi connectivity index (χ2v) is 6.52. The highest BCUT2D eigenvalue weighted by Crippen LogP contribution is 2.34. The van der Waals surface area contributed by atoms with E-state index in [-0.39, 0.29) is 11.7 Å². The number of hydrogen-bond donors (Lipinski definition) is 0. The summed E-state index contributed by atoms with van der Waals surface area (Å²) in [6, 6.07) is 3.82. The molecule has 0 aromatic carbocycles. The molecule has 0 saturated carbocycles. The van der Waals surface area contributed by atoms with E-state index in [1.807, 2.05) is 19.1 Å². The molecule has 0 amide bonds. The third kappa shape index (κ3) is 2.64. The number of Topliss-reactive ketones (excluding diaryl/α,β-unsaturated/α-hetero) is 1. The number of nitrogens with zero attached hydrogens (tertiary/aromatic N) is 3. The van der Waals surface area contributed by atoms with Crippen LogP contribution in [-0.2, 0) is 6.42 Å². The highest BCUT2D eigenvalue weighted by atomic mass is 16.3. The maximum atomic E-state index is 12.6. The first-order chi connectivity index (χ1) is 11.2. The Balaban J connectivity index is 1.69. The fraction of sp³-hybridized carbons (Fsp3) is 0.500. The van der Waals surface area contributed by atoms with Gasteiger partial charge in [-0.3, -0.25) is 4.79 Å². The number of carbonyl (C=O) groups is 1. The summed E-state index contributed by atoms with van der Waals surface area (Å²) < 4.78 is 5.51. The summed E-state index contributed by atoms with van der Waals surface area (Å²) in [6.07, 6.45) is 6.55. The molecular weight excluding hydrogens is 290 g/mol. The average Bonchev–Trinajstić information content (AvgIpc) is 3.09. The van der Waals surface area contributed by atoms with E-state index < -0.39 is 0 Å². The molecule has 2 aromatic rings. The van der Waals surface area contributed by atoms with Gasteiger partial charge in [0, 0.05) is 31.8 Å². The van der Waals surface area contributed by atoms with Crippen molar-refractivity contribution in [1.29, 1.82) is 0 Å². The van der Waals surface area contributed by atoms with E-state index in [0.29, 0.717) is 6.42 Å². The summed E-state index contributed by atoms with van der Waals surface area (Å²) in [6.45, 7) is 3.95. The van der Waals surface area contributed by atoms with E-state index in [4.69, 9.17) is 9.40 Å². The van der Waals surface area contributed by atoms with Gasteiger partial charge in [-0.25, -0.2) is 9.97 Å². The van der Waals surface area contributed by atoms with Crippen LogP contribution in [0.25, 0.3) is 0 Å². The maximum absolute atomic E-state index is 12.6. The molecule has 23 heavy (non-hydrogen) atoms. The molecule has 1 saturated heterocycles. The molecule has 1 aliphatic carbocycles. The highest BCUT2D eigenvalue weighted by Gasteiger charge is 2.31. The predicted molar refractivity (Wildman–Crippen MR) is 86.9 cm³/mol. The normalized spacial score (nSPS) is 21.3. The van der Waals surface area contributed by atoms with Gasteiger partial charge in [0.05, 0.1) is 23.2 Å². The monoisotopic (exact) mass is 311 g/mol. The lowest BCUT2D eigenvalue weighted by Gasteiger charge is -2.29. The Morgan fingerprint density at radius 1 is 1.17 bits per heavy atom. The van der Waals surface area contributed by atoms with Crippen LogP contribution < -0.4 is 4.90 Å². The van der Waals surface area contributed by atoms with Crippen LogP contribution in [0.4, 0.5) is 5.95 Å². The highest BCUT2D eigenvalue weighted by molar-refractivity contribution is 5.99. The van der Waals surface area contributed by atoms with Gasteiger partial charge in [0.25, 0.3) is 0 Å². The summed E-state index contributed by atoms with van der Waals surface area (Å²) in [5.74, 6) is 1.89. The first kappa shape index (κ1) is 14.4. The first-order valence-corrected chi connectivity index (χ1v) is 8.41. The molecule has 4 rings (SSSR count). The van der Waals surface area contributed by atoms with Gasteiger partial charge >= 0.3 is 0 Å². The Kier molecular flexibility index (Phi) is 3.63. The molecule has 5 nitrogen and oxygen atoms in total. The molecule has 120 valence electrons. The van der Waals surface area contributed by atoms with Crippen LogP contribution in [-0.4, -0.2) is 28.8 Å². The van der Waals surface area contributed by atoms with Crippen LogP contribution in [0, 0.1) is 6.92 Å². The molecule has 0 spiro atoms. The fourth-order valence-corrected chi connectivity index (χ4v) is 3.72. The molecule has 1 fully saturated rings. The van der Waals surface area contributed by atoms with Crippen molar-refractivity contribution in [3.05, 3.63) is 41.1 Å². The van der Waals surface area contributed by atoms with Crippen LogP contribution in [0.15, 0.2) is 22.8 Å². The van der Waals surface area contributed by atoms with Crippen molar-refractivity contribution in [3.8, 4) is 0 Å². The van der Waals surface area contributed by atoms with Crippen molar-refractivity contribution < 1.29 is 9.21 Å². The number of rotatable bonds is 2. The largest absolute Gasteiger partial charge is 0.469 e. The van der Waals surface area contributed by atoms with Crippen LogP contribution >= 0.6 is 0 Å². The molecule has 0 radical (unpaired) electrons. The summed E-state index contributed by atoms with van der Waals surface area (Å²) in [7, 11) is 0. The Hall–Kier alpha value is -2.17. The molecule has 0 N–H and O–H groups in total. The van der Waals surface area contributed by atoms with Gasteiger partial charge in [-0.1, -0.05) is 0 Å². The van der Waals surface area contributed by atoms with Crippen molar-refractivity contribution >= 4 is 11.7 Å². The van der Waals surface area contributed by atoms with Gasteiger partial charge in [-0.15, -0.1) is 0 Å². The van der Waals surface area contributed by atoms with Crippen molar-refractivity contribution in [2.24, 2.45) is 0 Å². The minimum absolute atomic E-state index is 0.0912. The zero-order chi connectivity index (χ0) is 15.8. The molecule has 1 atom stereocenters. The van der Waals surface area contributed by atoms with Gasteiger partial charge in [0.2, 0.25) is 5.95 Å². The molecule has 0 bridgehead atoms. The topological polar surface area (TPSA) is 59.2 Å². The number of furan rings is 1. The lowest BCUT2D eigenvalue weighted by molar-refractivity contribution is 0.0958. The minimum atomic E-state index is 0.0912. The van der Waals surface area contributed by atoms with Gasteiger partial charge in [0.15, 0.2) is 5.78 Å². The van der Waals surface area contributed by atoms with Crippen molar-refractivity contribution in [2.45, 2.75) is 44.9 Å². The molecule has 2 aliphatic rings. The fourth-order valence-electron chi connectivity index (χ4n) is 3.72. The number of fused-ring (bicyclic) bond motifs is 1. The lowest BCUT2D eigenvalue weighted by Crippen LogP contribution is -2.32. The molecule has 3 heterocycles.